The summed E-state index contributed by atoms with van der Waals surface area (Å²) in [5.74, 6) is -8.33. The summed E-state index contributed by atoms with van der Waals surface area (Å²) in [4.78, 5) is 139. The van der Waals surface area contributed by atoms with Crippen LogP contribution in [-0.4, -0.2) is 133 Å². The second-order valence-electron chi connectivity index (χ2n) is 27.5. The van der Waals surface area contributed by atoms with Gasteiger partial charge in [0, 0.05) is 6.42 Å². The minimum atomic E-state index is -1.67. The maximum absolute atomic E-state index is 14.6. The van der Waals surface area contributed by atoms with Crippen molar-refractivity contribution in [1.29, 1.82) is 0 Å². The van der Waals surface area contributed by atoms with Gasteiger partial charge >= 0.3 is 17.9 Å². The van der Waals surface area contributed by atoms with Gasteiger partial charge < -0.3 is 67.0 Å². The summed E-state index contributed by atoms with van der Waals surface area (Å²) >= 11 is 0. The van der Waals surface area contributed by atoms with Gasteiger partial charge in [-0.05, 0) is 124 Å². The zero-order valence-electron chi connectivity index (χ0n) is 59.2. The number of carboxylic acid groups (broad SMARTS) is 1. The van der Waals surface area contributed by atoms with Crippen LogP contribution in [0.5, 0.6) is 11.5 Å². The third-order valence-corrected chi connectivity index (χ3v) is 16.0. The number of hydrogen-bond donors (Lipinski definition) is 9. The Hall–Kier alpha value is -7.30. The lowest BCUT2D eigenvalue weighted by atomic mass is 9.97. The minimum Gasteiger partial charge on any atom is -0.497 e. The molecule has 0 heterocycles. The predicted molar refractivity (Wildman–Crippen MR) is 362 cm³/mol. The van der Waals surface area contributed by atoms with Gasteiger partial charge in [-0.25, -0.2) is 4.79 Å². The molecule has 0 bridgehead atoms. The molecule has 94 heavy (non-hydrogen) atoms. The summed E-state index contributed by atoms with van der Waals surface area (Å²) in [5.41, 5.74) is 6.94. The van der Waals surface area contributed by atoms with Gasteiger partial charge in [0.25, 0.3) is 0 Å². The van der Waals surface area contributed by atoms with Gasteiger partial charge in [0.1, 0.15) is 59.5 Å². The molecule has 2 aromatic rings. The normalized spacial score (nSPS) is 14.5. The first-order valence-corrected chi connectivity index (χ1v) is 34.0. The lowest BCUT2D eigenvalue weighted by molar-refractivity contribution is -0.159. The van der Waals surface area contributed by atoms with E-state index < -0.39 is 138 Å². The molecule has 7 amide bonds. The largest absolute Gasteiger partial charge is 0.497 e. The van der Waals surface area contributed by atoms with Gasteiger partial charge in [-0.15, -0.1) is 0 Å². The number of hydrogen-bond acceptors (Lipinski definition) is 15. The number of benzene rings is 2. The van der Waals surface area contributed by atoms with Crippen LogP contribution >= 0.6 is 0 Å². The Bertz CT molecular complexity index is 2630. The molecule has 23 heteroatoms. The fourth-order valence-electron chi connectivity index (χ4n) is 10.6. The molecule has 2 aromatic carbocycles. The highest BCUT2D eigenvalue weighted by Crippen LogP contribution is 2.27. The number of aliphatic carboxylic acids is 1. The van der Waals surface area contributed by atoms with Crippen LogP contribution in [0.4, 0.5) is 0 Å². The van der Waals surface area contributed by atoms with Gasteiger partial charge in [-0.2, -0.15) is 0 Å². The summed E-state index contributed by atoms with van der Waals surface area (Å²) < 4.78 is 22.1. The fraction of sp³-hybridized carbons (Fsp3) is 0.690. The fourth-order valence-corrected chi connectivity index (χ4v) is 10.6. The smallest absolute Gasteiger partial charge is 0.329 e. The van der Waals surface area contributed by atoms with Crippen LogP contribution in [0.15, 0.2) is 48.5 Å². The number of amides is 7. The Kier molecular flexibility index (Phi) is 37.8. The molecule has 0 saturated heterocycles. The molecule has 23 nitrogen and oxygen atoms in total. The first-order chi connectivity index (χ1) is 44.2. The van der Waals surface area contributed by atoms with E-state index in [1.54, 1.807) is 80.0 Å². The molecule has 0 aromatic heterocycles. The highest BCUT2D eigenvalue weighted by Gasteiger charge is 2.38. The number of methoxy groups -OCH3 is 2. The Morgan fingerprint density at radius 2 is 0.915 bits per heavy atom. The molecule has 1 unspecified atom stereocenters. The molecule has 0 spiro atoms. The van der Waals surface area contributed by atoms with Crippen LogP contribution in [0.2, 0.25) is 0 Å². The van der Waals surface area contributed by atoms with Crippen LogP contribution in [0.25, 0.3) is 0 Å². The van der Waals surface area contributed by atoms with Crippen LogP contribution in [0.1, 0.15) is 230 Å². The zero-order chi connectivity index (χ0) is 70.8. The summed E-state index contributed by atoms with van der Waals surface area (Å²) in [6.45, 7) is 24.9. The Labute approximate surface area is 559 Å². The maximum Gasteiger partial charge on any atom is 0.329 e. The van der Waals surface area contributed by atoms with E-state index in [-0.39, 0.29) is 55.8 Å². The second-order valence-corrected chi connectivity index (χ2v) is 27.5. The third-order valence-electron chi connectivity index (χ3n) is 16.0. The number of nitrogens with two attached hydrogens (primary N) is 1. The minimum absolute atomic E-state index is 0.0493. The SMILES string of the molecule is CCCCCCCCCCCC(CC(=O)O)OC(=O)[C@@H](NC(=O)[C@@H](CC(C)C)NC(=O)[C@H](CC(=O)OC(C)(C)C)NC(=O)[C@@H](NC(=O)[C@@H](CC(C)C)NC(=O)[C@H](CC(C)C)NC(=O)[C@@H](N)CCC(=O)NC(c1ccc(OC)cc1)c1ccc(OC)cc1)C(C)C)[C@@H](C)CC. The average molecular weight is 1320 g/mol. The Morgan fingerprint density at radius 3 is 1.33 bits per heavy atom. The molecular formula is C71H116N8O15. The van der Waals surface area contributed by atoms with E-state index in [2.05, 4.69) is 44.1 Å². The number of nitrogens with one attached hydrogen (secondary N) is 7. The monoisotopic (exact) mass is 1320 g/mol. The number of carboxylic acids is 1. The van der Waals surface area contributed by atoms with Crippen molar-refractivity contribution in [3.05, 3.63) is 59.7 Å². The quantitative estimate of drug-likeness (QED) is 0.0221. The molecule has 2 rings (SSSR count). The number of ether oxygens (including phenoxy) is 4. The summed E-state index contributed by atoms with van der Waals surface area (Å²) in [6.07, 6.45) is 8.19. The van der Waals surface area contributed by atoms with Gasteiger partial charge in [0.15, 0.2) is 0 Å². The Morgan fingerprint density at radius 1 is 0.500 bits per heavy atom. The van der Waals surface area contributed by atoms with E-state index in [4.69, 9.17) is 24.7 Å². The van der Waals surface area contributed by atoms with Crippen LogP contribution in [0.3, 0.4) is 0 Å². The first kappa shape index (κ1) is 82.8. The van der Waals surface area contributed by atoms with Gasteiger partial charge in [-0.3, -0.25) is 43.2 Å². The number of unbranched alkanes of at least 4 members (excludes halogenated alkanes) is 8. The molecule has 9 atom stereocenters. The standard InChI is InChI=1S/C71H116N8O15/c1-17-19-20-21-22-23-24-25-26-27-52(41-59(81)82)93-70(90)62(47(11)18-2)79-68(88)56(40-45(7)8)75-66(86)57(42-60(83)94-71(12,13)14)76-69(89)61(46(9)10)78-67(87)55(39-44(5)6)74-65(85)54(38-43(3)4)73-64(84)53(72)36-37-58(80)77-63(48-28-32-50(91-15)33-29-48)49-30-34-51(92-16)35-31-49/h28-35,43-47,52-57,61-63H,17-27,36-42,72H2,1-16H3,(H,73,84)(H,74,85)(H,75,86)(H,76,89)(H,77,80)(H,78,87)(H,79,88)(H,81,82)/t47-,52?,53-,54-,55+,56+,57-,61-,62-/m0/s1. The maximum atomic E-state index is 14.6. The lowest BCUT2D eigenvalue weighted by Crippen LogP contribution is -2.61. The molecule has 0 aliphatic heterocycles. The van der Waals surface area contributed by atoms with E-state index in [9.17, 15) is 53.1 Å². The van der Waals surface area contributed by atoms with Crippen molar-refractivity contribution in [2.45, 2.75) is 273 Å². The zero-order valence-corrected chi connectivity index (χ0v) is 59.2. The molecule has 530 valence electrons. The van der Waals surface area contributed by atoms with Crippen LogP contribution < -0.4 is 52.4 Å². The molecule has 0 aliphatic carbocycles. The van der Waals surface area contributed by atoms with E-state index in [0.29, 0.717) is 30.8 Å². The average Bonchev–Trinajstić information content (AvgIpc) is 0.927. The number of rotatable bonds is 45. The van der Waals surface area contributed by atoms with Crippen molar-refractivity contribution < 1.29 is 72.0 Å². The molecule has 0 fully saturated rings. The van der Waals surface area contributed by atoms with E-state index in [0.717, 1.165) is 36.8 Å². The molecule has 10 N–H and O–H groups in total. The van der Waals surface area contributed by atoms with Crippen molar-refractivity contribution >= 4 is 59.3 Å². The third kappa shape index (κ3) is 32.2. The number of carbonyl (C=O) groups is 10. The van der Waals surface area contributed by atoms with Gasteiger partial charge in [-0.1, -0.05) is 158 Å². The van der Waals surface area contributed by atoms with E-state index in [1.165, 1.54) is 25.7 Å². The Balaban J connectivity index is 2.36. The molecule has 0 aliphatic rings. The number of carbonyl (C=O) groups excluding carboxylic acids is 9. The highest BCUT2D eigenvalue weighted by molar-refractivity contribution is 5.98. The van der Waals surface area contributed by atoms with Crippen molar-refractivity contribution in [1.82, 2.24) is 37.2 Å². The molecule has 0 saturated carbocycles. The summed E-state index contributed by atoms with van der Waals surface area (Å²) in [7, 11) is 3.11. The van der Waals surface area contributed by atoms with Crippen LogP contribution in [0, 0.1) is 29.6 Å². The molecule has 0 radical (unpaired) electrons. The lowest BCUT2D eigenvalue weighted by Gasteiger charge is -2.30. The highest BCUT2D eigenvalue weighted by atomic mass is 16.6. The van der Waals surface area contributed by atoms with Crippen molar-refractivity contribution in [2.24, 2.45) is 35.3 Å². The van der Waals surface area contributed by atoms with E-state index in [1.807, 2.05) is 72.7 Å². The van der Waals surface area contributed by atoms with Crippen molar-refractivity contribution in [3.63, 3.8) is 0 Å². The first-order valence-electron chi connectivity index (χ1n) is 34.0. The van der Waals surface area contributed by atoms with Crippen molar-refractivity contribution in [3.8, 4) is 11.5 Å². The predicted octanol–water partition coefficient (Wildman–Crippen LogP) is 8.81. The van der Waals surface area contributed by atoms with Gasteiger partial charge in [0.2, 0.25) is 41.4 Å². The summed E-state index contributed by atoms with van der Waals surface area (Å²) in [6, 6.07) is 4.71. The van der Waals surface area contributed by atoms with Crippen molar-refractivity contribution in [2.75, 3.05) is 14.2 Å². The number of esters is 2. The topological polar surface area (TPSA) is 338 Å². The molecular weight excluding hydrogens is 1200 g/mol. The van der Waals surface area contributed by atoms with E-state index >= 15 is 0 Å². The van der Waals surface area contributed by atoms with Crippen LogP contribution in [-0.2, 0) is 57.4 Å². The summed E-state index contributed by atoms with van der Waals surface area (Å²) in [5, 5.41) is 29.2. The second kappa shape index (κ2) is 42.9. The van der Waals surface area contributed by atoms with Gasteiger partial charge in [0.05, 0.1) is 39.1 Å².